The standard InChI is InChI=1S/C12H15ClN4O/c1-3-12-5-4-6-17(12)9-8(16(2)10(12)18)7-14-11(13)15-9/h7H,3-6H2,1-2H3. The van der Waals surface area contributed by atoms with E-state index in [-0.39, 0.29) is 11.2 Å². The number of halogens is 1. The number of anilines is 2. The van der Waals surface area contributed by atoms with Gasteiger partial charge in [-0.1, -0.05) is 6.92 Å². The van der Waals surface area contributed by atoms with Crippen LogP contribution in [0.1, 0.15) is 26.2 Å². The first-order valence-electron chi connectivity index (χ1n) is 6.18. The maximum absolute atomic E-state index is 12.6. The predicted molar refractivity (Wildman–Crippen MR) is 70.1 cm³/mol. The number of amides is 1. The molecule has 0 radical (unpaired) electrons. The number of fused-ring (bicyclic) bond motifs is 3. The molecular formula is C12H15ClN4O. The van der Waals surface area contributed by atoms with E-state index in [1.165, 1.54) is 0 Å². The van der Waals surface area contributed by atoms with Crippen molar-refractivity contribution in [1.29, 1.82) is 0 Å². The minimum atomic E-state index is -0.431. The molecule has 96 valence electrons. The molecule has 0 N–H and O–H groups in total. The zero-order chi connectivity index (χ0) is 12.9. The molecule has 1 fully saturated rings. The molecule has 0 aromatic carbocycles. The zero-order valence-corrected chi connectivity index (χ0v) is 11.2. The molecule has 1 atom stereocenters. The molecular weight excluding hydrogens is 252 g/mol. The van der Waals surface area contributed by atoms with Crippen molar-refractivity contribution in [3.63, 3.8) is 0 Å². The molecule has 0 bridgehead atoms. The fourth-order valence-corrected chi connectivity index (χ4v) is 3.26. The summed E-state index contributed by atoms with van der Waals surface area (Å²) in [6.07, 6.45) is 4.31. The van der Waals surface area contributed by atoms with Crippen LogP contribution in [0.15, 0.2) is 6.20 Å². The summed E-state index contributed by atoms with van der Waals surface area (Å²) in [6.45, 7) is 2.91. The second-order valence-electron chi connectivity index (χ2n) is 4.85. The SMILES string of the molecule is CCC12CCCN1c1nc(Cl)ncc1N(C)C2=O. The van der Waals surface area contributed by atoms with Gasteiger partial charge in [0.15, 0.2) is 5.82 Å². The Bertz CT molecular complexity index is 521. The van der Waals surface area contributed by atoms with Gasteiger partial charge in [0, 0.05) is 13.6 Å². The molecule has 1 saturated heterocycles. The van der Waals surface area contributed by atoms with Crippen LogP contribution in [-0.2, 0) is 4.79 Å². The van der Waals surface area contributed by atoms with Crippen LogP contribution < -0.4 is 9.80 Å². The topological polar surface area (TPSA) is 49.3 Å². The highest BCUT2D eigenvalue weighted by Gasteiger charge is 2.52. The van der Waals surface area contributed by atoms with Gasteiger partial charge in [-0.05, 0) is 30.9 Å². The van der Waals surface area contributed by atoms with Gasteiger partial charge in [-0.15, -0.1) is 0 Å². The normalized spacial score (nSPS) is 26.3. The lowest BCUT2D eigenvalue weighted by atomic mass is 9.89. The summed E-state index contributed by atoms with van der Waals surface area (Å²) in [5, 5.41) is 0.230. The zero-order valence-electron chi connectivity index (χ0n) is 10.5. The molecule has 0 saturated carbocycles. The Balaban J connectivity index is 2.22. The molecule has 1 unspecified atom stereocenters. The van der Waals surface area contributed by atoms with Crippen LogP contribution in [0.5, 0.6) is 0 Å². The Kier molecular flexibility index (Phi) is 2.48. The molecule has 3 heterocycles. The molecule has 3 rings (SSSR count). The summed E-state index contributed by atoms with van der Waals surface area (Å²) in [5.74, 6) is 0.928. The van der Waals surface area contributed by atoms with Crippen molar-refractivity contribution in [2.75, 3.05) is 23.4 Å². The van der Waals surface area contributed by atoms with Crippen molar-refractivity contribution in [3.8, 4) is 0 Å². The van der Waals surface area contributed by atoms with Crippen molar-refractivity contribution < 1.29 is 4.79 Å². The van der Waals surface area contributed by atoms with Gasteiger partial charge in [-0.3, -0.25) is 4.79 Å². The summed E-state index contributed by atoms with van der Waals surface area (Å²) in [7, 11) is 1.78. The van der Waals surface area contributed by atoms with Gasteiger partial charge in [0.1, 0.15) is 11.2 Å². The van der Waals surface area contributed by atoms with Crippen molar-refractivity contribution >= 4 is 29.0 Å². The second-order valence-corrected chi connectivity index (χ2v) is 5.19. The Morgan fingerprint density at radius 3 is 3.06 bits per heavy atom. The molecule has 18 heavy (non-hydrogen) atoms. The Morgan fingerprint density at radius 2 is 2.33 bits per heavy atom. The highest BCUT2D eigenvalue weighted by molar-refractivity contribution is 6.28. The molecule has 1 amide bonds. The Hall–Kier alpha value is -1.36. The smallest absolute Gasteiger partial charge is 0.252 e. The molecule has 0 spiro atoms. The third kappa shape index (κ3) is 1.31. The van der Waals surface area contributed by atoms with Crippen LogP contribution in [0, 0.1) is 0 Å². The maximum atomic E-state index is 12.6. The van der Waals surface area contributed by atoms with Gasteiger partial charge in [-0.25, -0.2) is 4.98 Å². The van der Waals surface area contributed by atoms with Crippen molar-refractivity contribution in [3.05, 3.63) is 11.5 Å². The minimum Gasteiger partial charge on any atom is -0.340 e. The summed E-state index contributed by atoms with van der Waals surface area (Å²) in [4.78, 5) is 24.7. The van der Waals surface area contributed by atoms with Crippen molar-refractivity contribution in [1.82, 2.24) is 9.97 Å². The van der Waals surface area contributed by atoms with E-state index in [1.54, 1.807) is 18.1 Å². The van der Waals surface area contributed by atoms with Crippen molar-refractivity contribution in [2.24, 2.45) is 0 Å². The largest absolute Gasteiger partial charge is 0.340 e. The minimum absolute atomic E-state index is 0.140. The number of carbonyl (C=O) groups is 1. The van der Waals surface area contributed by atoms with E-state index in [1.807, 2.05) is 0 Å². The van der Waals surface area contributed by atoms with Gasteiger partial charge >= 0.3 is 0 Å². The van der Waals surface area contributed by atoms with E-state index >= 15 is 0 Å². The van der Waals surface area contributed by atoms with Gasteiger partial charge < -0.3 is 9.80 Å². The summed E-state index contributed by atoms with van der Waals surface area (Å²) >= 11 is 5.89. The fourth-order valence-electron chi connectivity index (χ4n) is 3.13. The van der Waals surface area contributed by atoms with E-state index in [9.17, 15) is 4.79 Å². The number of likely N-dealkylation sites (N-methyl/N-ethyl adjacent to an activating group) is 1. The first-order valence-corrected chi connectivity index (χ1v) is 6.56. The average molecular weight is 267 g/mol. The summed E-state index contributed by atoms with van der Waals surface area (Å²) < 4.78 is 0. The number of hydrogen-bond acceptors (Lipinski definition) is 4. The lowest BCUT2D eigenvalue weighted by Crippen LogP contribution is -2.59. The van der Waals surface area contributed by atoms with Crippen LogP contribution in [-0.4, -0.2) is 35.0 Å². The first kappa shape index (κ1) is 11.7. The molecule has 5 nitrogen and oxygen atoms in total. The molecule has 2 aliphatic rings. The molecule has 6 heteroatoms. The first-order chi connectivity index (χ1) is 8.60. The summed E-state index contributed by atoms with van der Waals surface area (Å²) in [5.41, 5.74) is 0.315. The van der Waals surface area contributed by atoms with E-state index in [4.69, 9.17) is 11.6 Å². The molecule has 0 aliphatic carbocycles. The maximum Gasteiger partial charge on any atom is 0.252 e. The predicted octanol–water partition coefficient (Wildman–Crippen LogP) is 1.86. The van der Waals surface area contributed by atoms with Crippen LogP contribution in [0.4, 0.5) is 11.5 Å². The van der Waals surface area contributed by atoms with Gasteiger partial charge in [0.05, 0.1) is 6.20 Å². The number of hydrogen-bond donors (Lipinski definition) is 0. The van der Waals surface area contributed by atoms with Crippen LogP contribution in [0.2, 0.25) is 5.28 Å². The third-order valence-corrected chi connectivity index (χ3v) is 4.30. The van der Waals surface area contributed by atoms with Gasteiger partial charge in [0.25, 0.3) is 5.91 Å². The third-order valence-electron chi connectivity index (χ3n) is 4.11. The molecule has 1 aromatic rings. The van der Waals surface area contributed by atoms with E-state index in [0.717, 1.165) is 37.3 Å². The van der Waals surface area contributed by atoms with Crippen molar-refractivity contribution in [2.45, 2.75) is 31.7 Å². The van der Waals surface area contributed by atoms with Crippen LogP contribution in [0.3, 0.4) is 0 Å². The lowest BCUT2D eigenvalue weighted by Gasteiger charge is -2.45. The van der Waals surface area contributed by atoms with Crippen LogP contribution in [0.25, 0.3) is 0 Å². The van der Waals surface area contributed by atoms with E-state index in [0.29, 0.717) is 0 Å². The Morgan fingerprint density at radius 1 is 1.56 bits per heavy atom. The van der Waals surface area contributed by atoms with E-state index in [2.05, 4.69) is 21.8 Å². The number of carbonyl (C=O) groups excluding carboxylic acids is 1. The summed E-state index contributed by atoms with van der Waals surface area (Å²) in [6, 6.07) is 0. The lowest BCUT2D eigenvalue weighted by molar-refractivity contribution is -0.123. The van der Waals surface area contributed by atoms with E-state index < -0.39 is 5.54 Å². The molecule has 2 aliphatic heterocycles. The monoisotopic (exact) mass is 266 g/mol. The quantitative estimate of drug-likeness (QED) is 0.728. The second kappa shape index (κ2) is 3.82. The van der Waals surface area contributed by atoms with Crippen LogP contribution >= 0.6 is 11.6 Å². The van der Waals surface area contributed by atoms with Gasteiger partial charge in [-0.2, -0.15) is 4.98 Å². The average Bonchev–Trinajstić information content (AvgIpc) is 2.81. The highest BCUT2D eigenvalue weighted by atomic mass is 35.5. The fraction of sp³-hybridized carbons (Fsp3) is 0.583. The highest BCUT2D eigenvalue weighted by Crippen LogP contribution is 2.45. The van der Waals surface area contributed by atoms with Gasteiger partial charge in [0.2, 0.25) is 5.28 Å². The number of aromatic nitrogens is 2. The number of rotatable bonds is 1. The molecule has 1 aromatic heterocycles. The Labute approximate surface area is 111 Å². The number of nitrogens with zero attached hydrogens (tertiary/aromatic N) is 4.